The Morgan fingerprint density at radius 1 is 1.20 bits per heavy atom. The van der Waals surface area contributed by atoms with Crippen molar-refractivity contribution in [3.05, 3.63) is 0 Å². The predicted octanol–water partition coefficient (Wildman–Crippen LogP) is 0.0394. The van der Waals surface area contributed by atoms with Gasteiger partial charge in [-0.05, 0) is 27.7 Å². The van der Waals surface area contributed by atoms with E-state index >= 15 is 0 Å². The van der Waals surface area contributed by atoms with Crippen molar-refractivity contribution in [1.82, 2.24) is 10.6 Å². The van der Waals surface area contributed by atoms with E-state index in [1.807, 2.05) is 27.7 Å². The molecule has 2 N–H and O–H groups in total. The fourth-order valence-electron chi connectivity index (χ4n) is 1.06. The van der Waals surface area contributed by atoms with E-state index in [4.69, 9.17) is 0 Å². The average molecular weight is 232 g/mol. The highest BCUT2D eigenvalue weighted by atomic mass is 32.2. The third-order valence-electron chi connectivity index (χ3n) is 1.48. The smallest absolute Gasteiger partial charge is 0.367 e. The number of likely N-dealkylation sites (N-methyl/N-ethyl adjacent to an activating group) is 1. The molecule has 0 radical (unpaired) electrons. The Morgan fingerprint density at radius 2 is 1.73 bits per heavy atom. The van der Waals surface area contributed by atoms with Crippen LogP contribution in [0.1, 0.15) is 27.7 Å². The Bertz CT molecular complexity index is 403. The van der Waals surface area contributed by atoms with Gasteiger partial charge in [-0.1, -0.05) is 0 Å². The van der Waals surface area contributed by atoms with Gasteiger partial charge in [0.25, 0.3) is 0 Å². The zero-order valence-corrected chi connectivity index (χ0v) is 10.1. The molecule has 0 unspecified atom stereocenters. The van der Waals surface area contributed by atoms with Gasteiger partial charge in [0.05, 0.1) is 0 Å². The maximum Gasteiger partial charge on any atom is 0.367 e. The summed E-state index contributed by atoms with van der Waals surface area (Å²) in [5.41, 5.74) is -0.255. The molecule has 0 bridgehead atoms. The second-order valence-corrected chi connectivity index (χ2v) is 5.49. The largest absolute Gasteiger partial charge is 0.367 e. The van der Waals surface area contributed by atoms with Crippen LogP contribution in [0.2, 0.25) is 0 Å². The molecule has 0 saturated heterocycles. The summed E-state index contributed by atoms with van der Waals surface area (Å²) in [4.78, 5) is 0. The number of rotatable bonds is 1. The van der Waals surface area contributed by atoms with E-state index < -0.39 is 10.2 Å². The maximum atomic E-state index is 11.2. The SMILES string of the molecule is CCNC1=NS(=O)(=O)N=C1NC(C)(C)C. The van der Waals surface area contributed by atoms with E-state index in [1.165, 1.54) is 0 Å². The summed E-state index contributed by atoms with van der Waals surface area (Å²) < 4.78 is 29.3. The second kappa shape index (κ2) is 3.80. The molecule has 15 heavy (non-hydrogen) atoms. The minimum absolute atomic E-state index is 0.255. The molecule has 1 aliphatic rings. The van der Waals surface area contributed by atoms with Gasteiger partial charge in [0, 0.05) is 12.1 Å². The van der Waals surface area contributed by atoms with Gasteiger partial charge in [0.2, 0.25) is 0 Å². The lowest BCUT2D eigenvalue weighted by molar-refractivity contribution is 0.514. The number of hydrogen-bond donors (Lipinski definition) is 2. The Morgan fingerprint density at radius 3 is 2.20 bits per heavy atom. The minimum atomic E-state index is -3.69. The fraction of sp³-hybridized carbons (Fsp3) is 0.750. The summed E-state index contributed by atoms with van der Waals surface area (Å²) in [7, 11) is -3.69. The molecule has 7 heteroatoms. The fourth-order valence-corrected chi connectivity index (χ4v) is 1.84. The second-order valence-electron chi connectivity index (χ2n) is 4.23. The molecule has 1 aliphatic heterocycles. The van der Waals surface area contributed by atoms with Gasteiger partial charge in [-0.15, -0.1) is 8.80 Å². The molecule has 0 aromatic rings. The molecule has 6 nitrogen and oxygen atoms in total. The molecule has 0 atom stereocenters. The van der Waals surface area contributed by atoms with Crippen molar-refractivity contribution in [1.29, 1.82) is 0 Å². The molecular formula is C8H16N4O2S. The van der Waals surface area contributed by atoms with Crippen molar-refractivity contribution in [2.45, 2.75) is 33.2 Å². The van der Waals surface area contributed by atoms with Crippen LogP contribution in [-0.2, 0) is 10.2 Å². The molecule has 1 rings (SSSR count). The molecule has 1 heterocycles. The first-order valence-corrected chi connectivity index (χ1v) is 6.10. The molecule has 0 aromatic heterocycles. The van der Waals surface area contributed by atoms with Crippen LogP contribution in [0, 0.1) is 0 Å². The van der Waals surface area contributed by atoms with Crippen LogP contribution in [0.4, 0.5) is 0 Å². The molecule has 86 valence electrons. The standard InChI is InChI=1S/C8H16N4O2S/c1-5-9-6-7(10-8(2,3)4)12-15(13,14)11-6/h5H2,1-4H3,(H,9,11)(H,10,12). The van der Waals surface area contributed by atoms with E-state index in [0.29, 0.717) is 6.54 Å². The third kappa shape index (κ3) is 3.50. The Labute approximate surface area is 90.1 Å². The van der Waals surface area contributed by atoms with E-state index in [0.717, 1.165) is 0 Å². The summed E-state index contributed by atoms with van der Waals surface area (Å²) in [5, 5.41) is 5.84. The summed E-state index contributed by atoms with van der Waals surface area (Å²) in [6, 6.07) is 0. The van der Waals surface area contributed by atoms with Crippen LogP contribution in [0.5, 0.6) is 0 Å². The van der Waals surface area contributed by atoms with Crippen LogP contribution in [-0.4, -0.2) is 32.2 Å². The van der Waals surface area contributed by atoms with Gasteiger partial charge in [0.15, 0.2) is 11.7 Å². The van der Waals surface area contributed by atoms with Gasteiger partial charge < -0.3 is 10.6 Å². The van der Waals surface area contributed by atoms with Crippen molar-refractivity contribution in [3.63, 3.8) is 0 Å². The lowest BCUT2D eigenvalue weighted by Crippen LogP contribution is -2.47. The highest BCUT2D eigenvalue weighted by molar-refractivity contribution is 7.89. The van der Waals surface area contributed by atoms with Gasteiger partial charge in [-0.25, -0.2) is 0 Å². The summed E-state index contributed by atoms with van der Waals surface area (Å²) in [6.07, 6.45) is 0. The highest BCUT2D eigenvalue weighted by Crippen LogP contribution is 2.07. The lowest BCUT2D eigenvalue weighted by Gasteiger charge is -2.21. The van der Waals surface area contributed by atoms with Crippen molar-refractivity contribution < 1.29 is 8.42 Å². The van der Waals surface area contributed by atoms with Crippen molar-refractivity contribution in [2.24, 2.45) is 8.80 Å². The number of hydrogen-bond acceptors (Lipinski definition) is 4. The van der Waals surface area contributed by atoms with Crippen molar-refractivity contribution in [3.8, 4) is 0 Å². The Hall–Kier alpha value is -1.11. The molecule has 0 fully saturated rings. The van der Waals surface area contributed by atoms with Gasteiger partial charge in [-0.3, -0.25) is 0 Å². The van der Waals surface area contributed by atoms with Crippen LogP contribution in [0.25, 0.3) is 0 Å². The lowest BCUT2D eigenvalue weighted by atomic mass is 10.1. The molecule has 0 spiro atoms. The number of nitrogens with zero attached hydrogens (tertiary/aromatic N) is 2. The molecule has 0 aliphatic carbocycles. The van der Waals surface area contributed by atoms with E-state index in [1.54, 1.807) is 0 Å². The first-order chi connectivity index (χ1) is 6.73. The van der Waals surface area contributed by atoms with Gasteiger partial charge >= 0.3 is 10.2 Å². The zero-order valence-electron chi connectivity index (χ0n) is 9.33. The Kier molecular flexibility index (Phi) is 3.03. The van der Waals surface area contributed by atoms with Crippen LogP contribution in [0.3, 0.4) is 0 Å². The van der Waals surface area contributed by atoms with Gasteiger partial charge in [-0.2, -0.15) is 8.42 Å². The number of nitrogens with one attached hydrogen (secondary N) is 2. The predicted molar refractivity (Wildman–Crippen MR) is 60.4 cm³/mol. The van der Waals surface area contributed by atoms with Crippen LogP contribution < -0.4 is 10.6 Å². The Balaban J connectivity index is 2.94. The van der Waals surface area contributed by atoms with E-state index in [9.17, 15) is 8.42 Å². The summed E-state index contributed by atoms with van der Waals surface area (Å²) in [6.45, 7) is 8.22. The highest BCUT2D eigenvalue weighted by Gasteiger charge is 2.26. The van der Waals surface area contributed by atoms with E-state index in [-0.39, 0.29) is 17.2 Å². The first-order valence-electron chi connectivity index (χ1n) is 4.71. The van der Waals surface area contributed by atoms with Crippen molar-refractivity contribution in [2.75, 3.05) is 6.54 Å². The third-order valence-corrected chi connectivity index (χ3v) is 2.30. The zero-order chi connectivity index (χ0) is 11.7. The maximum absolute atomic E-state index is 11.2. The molecular weight excluding hydrogens is 216 g/mol. The van der Waals surface area contributed by atoms with Crippen LogP contribution >= 0.6 is 0 Å². The minimum Gasteiger partial charge on any atom is -0.367 e. The molecule has 0 amide bonds. The van der Waals surface area contributed by atoms with Crippen LogP contribution in [0.15, 0.2) is 8.80 Å². The normalized spacial score (nSPS) is 19.5. The quantitative estimate of drug-likeness (QED) is 0.668. The van der Waals surface area contributed by atoms with Crippen molar-refractivity contribution >= 4 is 21.9 Å². The average Bonchev–Trinajstić information content (AvgIpc) is 2.23. The molecule has 0 aromatic carbocycles. The first kappa shape index (κ1) is 12.0. The number of amidine groups is 2. The summed E-state index contributed by atoms with van der Waals surface area (Å²) in [5.74, 6) is 0.566. The molecule has 0 saturated carbocycles. The van der Waals surface area contributed by atoms with E-state index in [2.05, 4.69) is 19.4 Å². The summed E-state index contributed by atoms with van der Waals surface area (Å²) >= 11 is 0. The van der Waals surface area contributed by atoms with Gasteiger partial charge in [0.1, 0.15) is 0 Å². The topological polar surface area (TPSA) is 82.9 Å². The monoisotopic (exact) mass is 232 g/mol.